The number of hydrogen-bond donors (Lipinski definition) is 1. The third-order valence-electron chi connectivity index (χ3n) is 2.13. The van der Waals surface area contributed by atoms with E-state index >= 15 is 0 Å². The number of aromatic nitrogens is 1. The van der Waals surface area contributed by atoms with Gasteiger partial charge >= 0.3 is 0 Å². The third kappa shape index (κ3) is 3.13. The van der Waals surface area contributed by atoms with E-state index < -0.39 is 0 Å². The lowest BCUT2D eigenvalue weighted by molar-refractivity contribution is 0.102. The van der Waals surface area contributed by atoms with Gasteiger partial charge in [-0.05, 0) is 30.3 Å². The highest BCUT2D eigenvalue weighted by Crippen LogP contribution is 2.25. The summed E-state index contributed by atoms with van der Waals surface area (Å²) in [5.74, 6) is -0.387. The molecule has 0 fully saturated rings. The molecule has 18 heavy (non-hydrogen) atoms. The number of amides is 1. The van der Waals surface area contributed by atoms with Gasteiger partial charge in [0.2, 0.25) is 0 Å². The number of nitrogens with zero attached hydrogens (tertiary/aromatic N) is 1. The van der Waals surface area contributed by atoms with Gasteiger partial charge in [-0.25, -0.2) is 0 Å². The molecule has 3 nitrogen and oxygen atoms in total. The van der Waals surface area contributed by atoms with Gasteiger partial charge in [0.05, 0.1) is 10.7 Å². The average Bonchev–Trinajstić information content (AvgIpc) is 2.32. The van der Waals surface area contributed by atoms with Gasteiger partial charge in [0.15, 0.2) is 0 Å². The maximum Gasteiger partial charge on any atom is 0.274 e. The van der Waals surface area contributed by atoms with Crippen LogP contribution in [0.4, 0.5) is 5.69 Å². The average molecular weight is 302 g/mol. The summed E-state index contributed by atoms with van der Waals surface area (Å²) < 4.78 is 0. The first-order valence-electron chi connectivity index (χ1n) is 4.94. The van der Waals surface area contributed by atoms with Crippen molar-refractivity contribution in [2.75, 3.05) is 5.32 Å². The van der Waals surface area contributed by atoms with Crippen molar-refractivity contribution in [1.29, 1.82) is 0 Å². The number of pyridine rings is 1. The van der Waals surface area contributed by atoms with Crippen LogP contribution in [0, 0.1) is 0 Å². The lowest BCUT2D eigenvalue weighted by atomic mass is 10.3. The van der Waals surface area contributed by atoms with Gasteiger partial charge in [-0.3, -0.25) is 9.78 Å². The van der Waals surface area contributed by atoms with Gasteiger partial charge in [0.1, 0.15) is 5.69 Å². The molecule has 1 heterocycles. The molecule has 0 unspecified atom stereocenters. The molecular formula is C12H7Cl3N2O. The Hall–Kier alpha value is -1.29. The first-order valence-corrected chi connectivity index (χ1v) is 6.07. The molecule has 0 radical (unpaired) electrons. The van der Waals surface area contributed by atoms with E-state index in [-0.39, 0.29) is 11.6 Å². The number of hydrogen-bond acceptors (Lipinski definition) is 2. The smallest absolute Gasteiger partial charge is 0.274 e. The highest BCUT2D eigenvalue weighted by Gasteiger charge is 2.10. The van der Waals surface area contributed by atoms with Crippen LogP contribution in [0.3, 0.4) is 0 Å². The molecule has 1 aromatic carbocycles. The van der Waals surface area contributed by atoms with E-state index in [1.165, 1.54) is 12.3 Å². The van der Waals surface area contributed by atoms with Crippen LogP contribution in [-0.4, -0.2) is 10.9 Å². The van der Waals surface area contributed by atoms with Crippen molar-refractivity contribution in [3.8, 4) is 0 Å². The number of nitrogens with one attached hydrogen (secondary N) is 1. The van der Waals surface area contributed by atoms with Crippen LogP contribution in [0.5, 0.6) is 0 Å². The van der Waals surface area contributed by atoms with Crippen molar-refractivity contribution in [3.63, 3.8) is 0 Å². The zero-order valence-electron chi connectivity index (χ0n) is 8.95. The van der Waals surface area contributed by atoms with Gasteiger partial charge < -0.3 is 5.32 Å². The molecule has 0 aliphatic rings. The van der Waals surface area contributed by atoms with Crippen LogP contribution in [0.25, 0.3) is 0 Å². The summed E-state index contributed by atoms with van der Waals surface area (Å²) in [6.07, 6.45) is 1.46. The molecule has 0 aliphatic heterocycles. The molecule has 6 heteroatoms. The number of rotatable bonds is 2. The Morgan fingerprint density at radius 3 is 2.44 bits per heavy atom. The minimum Gasteiger partial charge on any atom is -0.319 e. The minimum atomic E-state index is -0.387. The molecule has 1 aromatic heterocycles. The van der Waals surface area contributed by atoms with Crippen molar-refractivity contribution in [1.82, 2.24) is 4.98 Å². The number of benzene rings is 1. The molecule has 0 bridgehead atoms. The first-order chi connectivity index (χ1) is 8.56. The maximum absolute atomic E-state index is 11.9. The minimum absolute atomic E-state index is 0.216. The van der Waals surface area contributed by atoms with Crippen molar-refractivity contribution >= 4 is 46.4 Å². The van der Waals surface area contributed by atoms with Crippen molar-refractivity contribution < 1.29 is 4.79 Å². The fraction of sp³-hybridized carbons (Fsp3) is 0. The predicted octanol–water partition coefficient (Wildman–Crippen LogP) is 4.29. The van der Waals surface area contributed by atoms with Crippen molar-refractivity contribution in [2.45, 2.75) is 0 Å². The van der Waals surface area contributed by atoms with E-state index in [1.54, 1.807) is 24.3 Å². The van der Waals surface area contributed by atoms with Crippen molar-refractivity contribution in [2.24, 2.45) is 0 Å². The summed E-state index contributed by atoms with van der Waals surface area (Å²) in [6, 6.07) is 7.86. The molecule has 92 valence electrons. The monoisotopic (exact) mass is 300 g/mol. The van der Waals surface area contributed by atoms with E-state index in [1.807, 2.05) is 0 Å². The predicted molar refractivity (Wildman–Crippen MR) is 73.7 cm³/mol. The zero-order chi connectivity index (χ0) is 13.1. The topological polar surface area (TPSA) is 42.0 Å². The normalized spacial score (nSPS) is 10.2. The molecule has 0 saturated carbocycles. The van der Waals surface area contributed by atoms with E-state index in [4.69, 9.17) is 34.8 Å². The van der Waals surface area contributed by atoms with Gasteiger partial charge in [0.25, 0.3) is 5.91 Å². The Bertz CT molecular complexity index is 602. The van der Waals surface area contributed by atoms with Crippen LogP contribution in [0.15, 0.2) is 36.5 Å². The van der Waals surface area contributed by atoms with Crippen LogP contribution in [-0.2, 0) is 0 Å². The summed E-state index contributed by atoms with van der Waals surface area (Å²) in [4.78, 5) is 15.8. The summed E-state index contributed by atoms with van der Waals surface area (Å²) >= 11 is 17.5. The summed E-state index contributed by atoms with van der Waals surface area (Å²) in [5.41, 5.74) is 0.682. The molecule has 0 saturated heterocycles. The number of anilines is 1. The lowest BCUT2D eigenvalue weighted by Crippen LogP contribution is -2.13. The quantitative estimate of drug-likeness (QED) is 0.899. The Labute approximate surface area is 119 Å². The zero-order valence-corrected chi connectivity index (χ0v) is 11.2. The Kier molecular flexibility index (Phi) is 4.07. The second-order valence-corrected chi connectivity index (χ2v) is 4.72. The molecule has 2 aromatic rings. The largest absolute Gasteiger partial charge is 0.319 e. The van der Waals surface area contributed by atoms with Crippen LogP contribution in [0.1, 0.15) is 10.5 Å². The van der Waals surface area contributed by atoms with Crippen molar-refractivity contribution in [3.05, 3.63) is 57.3 Å². The van der Waals surface area contributed by atoms with E-state index in [2.05, 4.69) is 10.3 Å². The second kappa shape index (κ2) is 5.57. The standard InChI is InChI=1S/C12H7Cl3N2O/c13-7-1-2-10(9(15)5-7)17-12(18)11-6-8(14)3-4-16-11/h1-6H,(H,17,18). The Morgan fingerprint density at radius 1 is 1.06 bits per heavy atom. The first kappa shape index (κ1) is 13.1. The van der Waals surface area contributed by atoms with Gasteiger partial charge in [-0.2, -0.15) is 0 Å². The molecule has 0 aliphatic carbocycles. The number of carbonyl (C=O) groups is 1. The lowest BCUT2D eigenvalue weighted by Gasteiger charge is -2.07. The molecule has 0 atom stereocenters. The maximum atomic E-state index is 11.9. The van der Waals surface area contributed by atoms with E-state index in [0.717, 1.165) is 0 Å². The second-order valence-electron chi connectivity index (χ2n) is 3.44. The molecule has 1 amide bonds. The fourth-order valence-electron chi connectivity index (χ4n) is 1.31. The molecule has 0 spiro atoms. The van der Waals surface area contributed by atoms with E-state index in [0.29, 0.717) is 20.8 Å². The summed E-state index contributed by atoms with van der Waals surface area (Å²) in [5, 5.41) is 3.93. The Balaban J connectivity index is 2.21. The molecule has 2 rings (SSSR count). The van der Waals surface area contributed by atoms with Crippen LogP contribution >= 0.6 is 34.8 Å². The highest BCUT2D eigenvalue weighted by molar-refractivity contribution is 6.36. The highest BCUT2D eigenvalue weighted by atomic mass is 35.5. The van der Waals surface area contributed by atoms with Crippen LogP contribution in [0.2, 0.25) is 15.1 Å². The molecular weight excluding hydrogens is 295 g/mol. The fourth-order valence-corrected chi connectivity index (χ4v) is 1.92. The van der Waals surface area contributed by atoms with Gasteiger partial charge in [-0.1, -0.05) is 34.8 Å². The Morgan fingerprint density at radius 2 is 1.78 bits per heavy atom. The van der Waals surface area contributed by atoms with Gasteiger partial charge in [0, 0.05) is 16.2 Å². The van der Waals surface area contributed by atoms with Gasteiger partial charge in [-0.15, -0.1) is 0 Å². The number of carbonyl (C=O) groups excluding carboxylic acids is 1. The third-order valence-corrected chi connectivity index (χ3v) is 2.92. The SMILES string of the molecule is O=C(Nc1ccc(Cl)cc1Cl)c1cc(Cl)ccn1. The molecule has 1 N–H and O–H groups in total. The number of halogens is 3. The summed E-state index contributed by atoms with van der Waals surface area (Å²) in [7, 11) is 0. The van der Waals surface area contributed by atoms with E-state index in [9.17, 15) is 4.79 Å². The van der Waals surface area contributed by atoms with Crippen LogP contribution < -0.4 is 5.32 Å². The summed E-state index contributed by atoms with van der Waals surface area (Å²) in [6.45, 7) is 0.